The first-order valence-corrected chi connectivity index (χ1v) is 14.3. The van der Waals surface area contributed by atoms with Crippen LogP contribution in [0.2, 0.25) is 0 Å². The highest BCUT2D eigenvalue weighted by atomic mass is 16.1. The number of anilines is 1. The van der Waals surface area contributed by atoms with Crippen molar-refractivity contribution in [3.05, 3.63) is 83.8 Å². The zero-order valence-electron chi connectivity index (χ0n) is 23.9. The Hall–Kier alpha value is -3.35. The van der Waals surface area contributed by atoms with E-state index in [2.05, 4.69) is 62.9 Å². The predicted octanol–water partition coefficient (Wildman–Crippen LogP) is 5.88. The number of carbonyl (C=O) groups excluding carboxylic acids is 1. The number of nitrogens with zero attached hydrogens (tertiary/aromatic N) is 4. The second-order valence-corrected chi connectivity index (χ2v) is 10.9. The number of piperidine rings is 1. The molecule has 1 aliphatic heterocycles. The molecule has 1 aliphatic rings. The second-order valence-electron chi connectivity index (χ2n) is 10.9. The van der Waals surface area contributed by atoms with Gasteiger partial charge in [-0.25, -0.2) is 4.98 Å². The first kappa shape index (κ1) is 28.7. The van der Waals surface area contributed by atoms with Crippen molar-refractivity contribution < 1.29 is 4.79 Å². The van der Waals surface area contributed by atoms with Gasteiger partial charge in [-0.2, -0.15) is 0 Å². The fourth-order valence-electron chi connectivity index (χ4n) is 5.12. The highest BCUT2D eigenvalue weighted by molar-refractivity contribution is 6.21. The van der Waals surface area contributed by atoms with Gasteiger partial charge in [-0.05, 0) is 92.5 Å². The molecule has 1 saturated heterocycles. The van der Waals surface area contributed by atoms with E-state index in [9.17, 15) is 4.79 Å². The normalized spacial score (nSPS) is 13.9. The van der Waals surface area contributed by atoms with E-state index in [1.54, 1.807) is 6.20 Å². The molecule has 0 unspecified atom stereocenters. The van der Waals surface area contributed by atoms with E-state index in [1.165, 1.54) is 24.8 Å². The number of ketones is 1. The number of likely N-dealkylation sites (N-methyl/N-ethyl adjacent to an activating group) is 1. The molecule has 1 aromatic carbocycles. The number of likely N-dealkylation sites (tertiary alicyclic amines) is 1. The number of allylic oxidation sites excluding steroid dienone is 1. The molecule has 3 heterocycles. The molecular formula is C33H43N5O. The topological polar surface area (TPSA) is 61.4 Å². The van der Waals surface area contributed by atoms with Crippen molar-refractivity contribution >= 4 is 17.2 Å². The van der Waals surface area contributed by atoms with Crippen LogP contribution in [0.3, 0.4) is 0 Å². The third kappa shape index (κ3) is 8.32. The molecule has 0 saturated carbocycles. The lowest BCUT2D eigenvalue weighted by Crippen LogP contribution is -2.29. The summed E-state index contributed by atoms with van der Waals surface area (Å²) in [5, 5.41) is 3.31. The summed E-state index contributed by atoms with van der Waals surface area (Å²) in [4.78, 5) is 27.0. The number of nitrogens with one attached hydrogen (secondary N) is 1. The number of pyridine rings is 2. The first-order chi connectivity index (χ1) is 18.9. The molecule has 6 nitrogen and oxygen atoms in total. The minimum Gasteiger partial charge on any atom is -0.369 e. The van der Waals surface area contributed by atoms with Crippen LogP contribution in [0.25, 0.3) is 16.7 Å². The van der Waals surface area contributed by atoms with Gasteiger partial charge in [0.15, 0.2) is 5.78 Å². The molecule has 0 radical (unpaired) electrons. The van der Waals surface area contributed by atoms with Crippen LogP contribution in [0.15, 0.2) is 61.6 Å². The van der Waals surface area contributed by atoms with Crippen LogP contribution in [-0.4, -0.2) is 65.8 Å². The lowest BCUT2D eigenvalue weighted by atomic mass is 9.90. The molecule has 0 atom stereocenters. The van der Waals surface area contributed by atoms with Gasteiger partial charge in [-0.1, -0.05) is 44.5 Å². The van der Waals surface area contributed by atoms with Crippen LogP contribution in [-0.2, 0) is 24.2 Å². The standard InChI is InChI=1S/C33H43N5O/c1-5-9-28-11-12-29(30-18-27(21-34-23-30)24-38-15-7-6-8-16-38)20-31(28)25(2)32(39)19-26-10-13-33(36-22-26)35-14-17-37(3)4/h10-13,18,20-23H,2,5-9,14-17,19,24H2,1,3-4H3,(H,35,36). The molecule has 4 rings (SSSR count). The maximum atomic E-state index is 13.4. The highest BCUT2D eigenvalue weighted by Gasteiger charge is 2.16. The SMILES string of the molecule is C=C(C(=O)Cc1ccc(NCCN(C)C)nc1)c1cc(-c2cncc(CN3CCCCC3)c2)ccc1CCC. The third-order valence-corrected chi connectivity index (χ3v) is 7.33. The molecule has 2 aromatic heterocycles. The molecule has 39 heavy (non-hydrogen) atoms. The van der Waals surface area contributed by atoms with Crippen molar-refractivity contribution in [2.75, 3.05) is 45.6 Å². The Labute approximate surface area is 234 Å². The summed E-state index contributed by atoms with van der Waals surface area (Å²) in [6.45, 7) is 11.4. The van der Waals surface area contributed by atoms with Gasteiger partial charge in [0.05, 0.1) is 0 Å². The van der Waals surface area contributed by atoms with E-state index < -0.39 is 0 Å². The maximum Gasteiger partial charge on any atom is 0.167 e. The van der Waals surface area contributed by atoms with Gasteiger partial charge in [-0.15, -0.1) is 0 Å². The van der Waals surface area contributed by atoms with E-state index in [4.69, 9.17) is 0 Å². The summed E-state index contributed by atoms with van der Waals surface area (Å²) in [6, 6.07) is 12.6. The minimum atomic E-state index is 0.0246. The molecule has 3 aromatic rings. The zero-order chi connectivity index (χ0) is 27.6. The molecule has 0 aliphatic carbocycles. The summed E-state index contributed by atoms with van der Waals surface area (Å²) >= 11 is 0. The summed E-state index contributed by atoms with van der Waals surface area (Å²) in [5.74, 6) is 0.845. The number of hydrogen-bond donors (Lipinski definition) is 1. The average Bonchev–Trinajstić information content (AvgIpc) is 2.94. The molecular weight excluding hydrogens is 482 g/mol. The highest BCUT2D eigenvalue weighted by Crippen LogP contribution is 2.29. The zero-order valence-corrected chi connectivity index (χ0v) is 23.9. The lowest BCUT2D eigenvalue weighted by Gasteiger charge is -2.26. The number of carbonyl (C=O) groups is 1. The van der Waals surface area contributed by atoms with Crippen molar-refractivity contribution in [1.29, 1.82) is 0 Å². The average molecular weight is 526 g/mol. The molecule has 1 N–H and O–H groups in total. The number of aryl methyl sites for hydroxylation is 1. The monoisotopic (exact) mass is 525 g/mol. The number of benzene rings is 1. The minimum absolute atomic E-state index is 0.0246. The van der Waals surface area contributed by atoms with Crippen molar-refractivity contribution in [2.24, 2.45) is 0 Å². The summed E-state index contributed by atoms with van der Waals surface area (Å²) in [7, 11) is 4.09. The van der Waals surface area contributed by atoms with Gasteiger partial charge in [0.1, 0.15) is 5.82 Å². The van der Waals surface area contributed by atoms with Crippen molar-refractivity contribution in [2.45, 2.75) is 52.0 Å². The quantitative estimate of drug-likeness (QED) is 0.281. The van der Waals surface area contributed by atoms with Crippen LogP contribution in [0.1, 0.15) is 54.9 Å². The molecule has 0 spiro atoms. The molecule has 1 fully saturated rings. The molecule has 0 bridgehead atoms. The van der Waals surface area contributed by atoms with Gasteiger partial charge in [0.2, 0.25) is 0 Å². The Morgan fingerprint density at radius 1 is 1.00 bits per heavy atom. The van der Waals surface area contributed by atoms with Gasteiger partial charge < -0.3 is 10.2 Å². The number of rotatable bonds is 13. The fourth-order valence-corrected chi connectivity index (χ4v) is 5.12. The number of aromatic nitrogens is 2. The number of hydrogen-bond acceptors (Lipinski definition) is 6. The Morgan fingerprint density at radius 3 is 2.54 bits per heavy atom. The van der Waals surface area contributed by atoms with Crippen molar-refractivity contribution in [3.63, 3.8) is 0 Å². The predicted molar refractivity (Wildman–Crippen MR) is 162 cm³/mol. The first-order valence-electron chi connectivity index (χ1n) is 14.3. The Balaban J connectivity index is 1.48. The van der Waals surface area contributed by atoms with E-state index in [0.717, 1.165) is 79.2 Å². The van der Waals surface area contributed by atoms with Crippen LogP contribution in [0.5, 0.6) is 0 Å². The van der Waals surface area contributed by atoms with E-state index in [1.807, 2.05) is 38.6 Å². The summed E-state index contributed by atoms with van der Waals surface area (Å²) in [6.07, 6.45) is 11.8. The maximum absolute atomic E-state index is 13.4. The largest absolute Gasteiger partial charge is 0.369 e. The van der Waals surface area contributed by atoms with Crippen molar-refractivity contribution in [3.8, 4) is 11.1 Å². The van der Waals surface area contributed by atoms with Gasteiger partial charge in [0.25, 0.3) is 0 Å². The van der Waals surface area contributed by atoms with Crippen LogP contribution in [0.4, 0.5) is 5.82 Å². The van der Waals surface area contributed by atoms with Gasteiger partial charge in [-0.3, -0.25) is 14.7 Å². The number of Topliss-reactive ketones (excluding diaryl/α,β-unsaturated/α-hetero) is 1. The Bertz CT molecular complexity index is 1250. The third-order valence-electron chi connectivity index (χ3n) is 7.33. The van der Waals surface area contributed by atoms with Crippen LogP contribution < -0.4 is 5.32 Å². The molecule has 206 valence electrons. The van der Waals surface area contributed by atoms with Gasteiger partial charge in [0, 0.05) is 55.8 Å². The van der Waals surface area contributed by atoms with E-state index in [0.29, 0.717) is 5.57 Å². The van der Waals surface area contributed by atoms with Crippen LogP contribution in [0, 0.1) is 0 Å². The van der Waals surface area contributed by atoms with Gasteiger partial charge >= 0.3 is 0 Å². The lowest BCUT2D eigenvalue weighted by molar-refractivity contribution is -0.113. The second kappa shape index (κ2) is 14.2. The Morgan fingerprint density at radius 2 is 1.82 bits per heavy atom. The smallest absolute Gasteiger partial charge is 0.167 e. The van der Waals surface area contributed by atoms with E-state index in [-0.39, 0.29) is 12.2 Å². The summed E-state index contributed by atoms with van der Waals surface area (Å²) < 4.78 is 0. The molecule has 0 amide bonds. The van der Waals surface area contributed by atoms with Crippen LogP contribution >= 0.6 is 0 Å². The fraction of sp³-hybridized carbons (Fsp3) is 0.424. The van der Waals surface area contributed by atoms with E-state index >= 15 is 0 Å². The Kier molecular flexibility index (Phi) is 10.4. The summed E-state index contributed by atoms with van der Waals surface area (Å²) in [5.41, 5.74) is 6.94. The van der Waals surface area contributed by atoms with Crippen molar-refractivity contribution in [1.82, 2.24) is 19.8 Å². The molecule has 6 heteroatoms.